The fourth-order valence-corrected chi connectivity index (χ4v) is 4.63. The summed E-state index contributed by atoms with van der Waals surface area (Å²) in [5.41, 5.74) is -0.247. The van der Waals surface area contributed by atoms with Crippen molar-refractivity contribution in [3.63, 3.8) is 0 Å². The van der Waals surface area contributed by atoms with Gasteiger partial charge in [-0.2, -0.15) is 0 Å². The molecule has 0 aromatic carbocycles. The lowest BCUT2D eigenvalue weighted by atomic mass is 9.59. The third-order valence-electron chi connectivity index (χ3n) is 6.34. The number of hydrogen-bond donors (Lipinski definition) is 1. The van der Waals surface area contributed by atoms with Gasteiger partial charge in [-0.25, -0.2) is 0 Å². The van der Waals surface area contributed by atoms with Crippen molar-refractivity contribution in [1.82, 2.24) is 0 Å². The molecule has 1 N–H and O–H groups in total. The van der Waals surface area contributed by atoms with Gasteiger partial charge in [-0.15, -0.1) is 0 Å². The minimum atomic E-state index is -0.413. The molecule has 104 valence electrons. The van der Waals surface area contributed by atoms with Gasteiger partial charge in [0.25, 0.3) is 0 Å². The van der Waals surface area contributed by atoms with E-state index in [0.29, 0.717) is 17.8 Å². The number of aliphatic hydroxyl groups is 1. The topological polar surface area (TPSA) is 29.5 Å². The summed E-state index contributed by atoms with van der Waals surface area (Å²) >= 11 is 0. The predicted molar refractivity (Wildman–Crippen MR) is 72.4 cm³/mol. The Hall–Kier alpha value is -0.0800. The summed E-state index contributed by atoms with van der Waals surface area (Å²) in [5.74, 6) is 1.60. The van der Waals surface area contributed by atoms with Crippen LogP contribution in [0.5, 0.6) is 0 Å². The molecule has 4 atom stereocenters. The predicted octanol–water partition coefficient (Wildman–Crippen LogP) is 3.52. The Morgan fingerprint density at radius 3 is 2.50 bits per heavy atom. The number of rotatable bonds is 1. The van der Waals surface area contributed by atoms with Crippen LogP contribution in [-0.2, 0) is 4.74 Å². The molecule has 3 aliphatic rings. The minimum absolute atomic E-state index is 0.166. The molecule has 3 rings (SSSR count). The van der Waals surface area contributed by atoms with E-state index in [0.717, 1.165) is 25.9 Å². The van der Waals surface area contributed by atoms with Crippen molar-refractivity contribution < 1.29 is 9.84 Å². The Kier molecular flexibility index (Phi) is 3.22. The molecule has 0 aromatic rings. The van der Waals surface area contributed by atoms with Crippen LogP contribution >= 0.6 is 0 Å². The van der Waals surface area contributed by atoms with Gasteiger partial charge >= 0.3 is 0 Å². The summed E-state index contributed by atoms with van der Waals surface area (Å²) in [4.78, 5) is 0. The van der Waals surface area contributed by atoms with E-state index in [2.05, 4.69) is 13.8 Å². The van der Waals surface area contributed by atoms with Crippen LogP contribution in [0.25, 0.3) is 0 Å². The Balaban J connectivity index is 1.75. The SMILES string of the molecule is CC1CCCC(O)(C2CCOC3(CCC3)C2)C1C. The van der Waals surface area contributed by atoms with E-state index in [4.69, 9.17) is 4.74 Å². The molecule has 0 amide bonds. The average molecular weight is 252 g/mol. The first-order valence-electron chi connectivity index (χ1n) is 7.92. The molecule has 1 aliphatic heterocycles. The fourth-order valence-electron chi connectivity index (χ4n) is 4.63. The molecule has 2 nitrogen and oxygen atoms in total. The molecule has 0 aromatic heterocycles. The lowest BCUT2D eigenvalue weighted by molar-refractivity contribution is -0.196. The number of ether oxygens (including phenoxy) is 1. The van der Waals surface area contributed by atoms with E-state index in [9.17, 15) is 5.11 Å². The van der Waals surface area contributed by atoms with Gasteiger partial charge in [0, 0.05) is 6.61 Å². The molecule has 0 radical (unpaired) electrons. The van der Waals surface area contributed by atoms with Gasteiger partial charge in [0.2, 0.25) is 0 Å². The molecule has 4 unspecified atom stereocenters. The summed E-state index contributed by atoms with van der Waals surface area (Å²) in [6, 6.07) is 0. The van der Waals surface area contributed by atoms with E-state index in [1.54, 1.807) is 0 Å². The highest BCUT2D eigenvalue weighted by atomic mass is 16.5. The van der Waals surface area contributed by atoms with Crippen molar-refractivity contribution in [2.24, 2.45) is 17.8 Å². The second-order valence-corrected chi connectivity index (χ2v) is 7.22. The van der Waals surface area contributed by atoms with Gasteiger partial charge in [-0.1, -0.05) is 26.7 Å². The minimum Gasteiger partial charge on any atom is -0.389 e. The first-order valence-corrected chi connectivity index (χ1v) is 7.92. The highest BCUT2D eigenvalue weighted by Gasteiger charge is 2.51. The van der Waals surface area contributed by atoms with E-state index in [-0.39, 0.29) is 5.60 Å². The summed E-state index contributed by atoms with van der Waals surface area (Å²) in [6.45, 7) is 5.45. The largest absolute Gasteiger partial charge is 0.389 e. The van der Waals surface area contributed by atoms with Crippen LogP contribution in [0.2, 0.25) is 0 Å². The molecule has 1 saturated heterocycles. The maximum absolute atomic E-state index is 11.2. The molecule has 0 bridgehead atoms. The highest BCUT2D eigenvalue weighted by molar-refractivity contribution is 5.02. The Morgan fingerprint density at radius 1 is 1.06 bits per heavy atom. The summed E-state index contributed by atoms with van der Waals surface area (Å²) in [7, 11) is 0. The van der Waals surface area contributed by atoms with Gasteiger partial charge in [-0.3, -0.25) is 0 Å². The fraction of sp³-hybridized carbons (Fsp3) is 1.00. The summed E-state index contributed by atoms with van der Waals surface area (Å²) in [5, 5.41) is 11.2. The van der Waals surface area contributed by atoms with Crippen LogP contribution in [0.1, 0.15) is 65.2 Å². The molecule has 2 aliphatic carbocycles. The van der Waals surface area contributed by atoms with E-state index < -0.39 is 5.60 Å². The lowest BCUT2D eigenvalue weighted by Crippen LogP contribution is -2.55. The van der Waals surface area contributed by atoms with Gasteiger partial charge in [0.05, 0.1) is 11.2 Å². The van der Waals surface area contributed by atoms with Crippen molar-refractivity contribution >= 4 is 0 Å². The zero-order valence-corrected chi connectivity index (χ0v) is 12.0. The van der Waals surface area contributed by atoms with Crippen LogP contribution < -0.4 is 0 Å². The van der Waals surface area contributed by atoms with Crippen LogP contribution in [-0.4, -0.2) is 22.9 Å². The van der Waals surface area contributed by atoms with Gasteiger partial charge in [0.1, 0.15) is 0 Å². The van der Waals surface area contributed by atoms with Crippen molar-refractivity contribution in [3.8, 4) is 0 Å². The molecule has 3 fully saturated rings. The molecule has 18 heavy (non-hydrogen) atoms. The molecule has 1 spiro atoms. The zero-order valence-electron chi connectivity index (χ0n) is 12.0. The maximum Gasteiger partial charge on any atom is 0.0705 e. The summed E-state index contributed by atoms with van der Waals surface area (Å²) in [6.07, 6.45) is 9.45. The van der Waals surface area contributed by atoms with E-state index in [1.165, 1.54) is 32.1 Å². The Labute approximate surface area is 111 Å². The molecule has 1 heterocycles. The smallest absolute Gasteiger partial charge is 0.0705 e. The monoisotopic (exact) mass is 252 g/mol. The zero-order chi connectivity index (χ0) is 12.8. The second-order valence-electron chi connectivity index (χ2n) is 7.22. The first-order chi connectivity index (χ1) is 8.56. The average Bonchev–Trinajstić information content (AvgIpc) is 2.34. The van der Waals surface area contributed by atoms with Crippen LogP contribution in [0, 0.1) is 17.8 Å². The standard InChI is InChI=1S/C16H28O2/c1-12-5-3-9-16(17,13(12)2)14-6-10-18-15(11-14)7-4-8-15/h12-14,17H,3-11H2,1-2H3. The van der Waals surface area contributed by atoms with Gasteiger partial charge < -0.3 is 9.84 Å². The van der Waals surface area contributed by atoms with Crippen LogP contribution in [0.3, 0.4) is 0 Å². The van der Waals surface area contributed by atoms with Crippen LogP contribution in [0.4, 0.5) is 0 Å². The summed E-state index contributed by atoms with van der Waals surface area (Å²) < 4.78 is 6.02. The molecular formula is C16H28O2. The van der Waals surface area contributed by atoms with Crippen molar-refractivity contribution in [1.29, 1.82) is 0 Å². The normalized spacial score (nSPS) is 47.8. The van der Waals surface area contributed by atoms with Crippen molar-refractivity contribution in [3.05, 3.63) is 0 Å². The molecular weight excluding hydrogens is 224 g/mol. The quantitative estimate of drug-likeness (QED) is 0.773. The van der Waals surface area contributed by atoms with E-state index in [1.807, 2.05) is 0 Å². The molecule has 2 saturated carbocycles. The highest BCUT2D eigenvalue weighted by Crippen LogP contribution is 2.51. The third kappa shape index (κ3) is 1.92. The van der Waals surface area contributed by atoms with Gasteiger partial charge in [-0.05, 0) is 56.3 Å². The van der Waals surface area contributed by atoms with E-state index >= 15 is 0 Å². The Bertz CT molecular complexity index is 310. The Morgan fingerprint density at radius 2 is 1.83 bits per heavy atom. The first kappa shape index (κ1) is 12.9. The maximum atomic E-state index is 11.2. The third-order valence-corrected chi connectivity index (χ3v) is 6.34. The van der Waals surface area contributed by atoms with Crippen molar-refractivity contribution in [2.45, 2.75) is 76.4 Å². The number of hydrogen-bond acceptors (Lipinski definition) is 2. The second kappa shape index (κ2) is 4.49. The lowest BCUT2D eigenvalue weighted by Gasteiger charge is -2.54. The molecule has 2 heteroatoms. The van der Waals surface area contributed by atoms with Crippen molar-refractivity contribution in [2.75, 3.05) is 6.61 Å². The van der Waals surface area contributed by atoms with Gasteiger partial charge in [0.15, 0.2) is 0 Å². The van der Waals surface area contributed by atoms with Crippen LogP contribution in [0.15, 0.2) is 0 Å².